The zero-order chi connectivity index (χ0) is 21.4. The van der Waals surface area contributed by atoms with Crippen LogP contribution in [0.2, 0.25) is 0 Å². The van der Waals surface area contributed by atoms with Gasteiger partial charge in [-0.2, -0.15) is 0 Å². The molecule has 2 bridgehead atoms. The van der Waals surface area contributed by atoms with E-state index in [1.54, 1.807) is 9.80 Å². The maximum atomic E-state index is 13.3. The van der Waals surface area contributed by atoms with Crippen LogP contribution in [-0.2, 0) is 9.59 Å². The van der Waals surface area contributed by atoms with E-state index in [1.807, 2.05) is 52.5 Å². The Morgan fingerprint density at radius 1 is 0.667 bits per heavy atom. The lowest BCUT2D eigenvalue weighted by Crippen LogP contribution is -2.46. The van der Waals surface area contributed by atoms with Crippen molar-refractivity contribution in [2.24, 2.45) is 21.8 Å². The molecule has 5 rings (SSSR count). The molecule has 0 heterocycles. The number of hydrogen-bond acceptors (Lipinski definition) is 2. The molecular weight excluding hydrogens is 376 g/mol. The topological polar surface area (TPSA) is 65.3 Å². The number of nitrogens with zero attached hydrogens (tertiary/aromatic N) is 4. The van der Waals surface area contributed by atoms with Crippen LogP contribution in [0, 0.1) is 11.8 Å². The monoisotopic (exact) mass is 402 g/mol. The van der Waals surface area contributed by atoms with Crippen molar-refractivity contribution >= 4 is 24.5 Å². The summed E-state index contributed by atoms with van der Waals surface area (Å²) in [5, 5.41) is 0. The van der Waals surface area contributed by atoms with E-state index >= 15 is 0 Å². The molecule has 2 aromatic rings. The molecule has 2 atom stereocenters. The summed E-state index contributed by atoms with van der Waals surface area (Å²) in [6.07, 6.45) is 3.01. The zero-order valence-electron chi connectivity index (χ0n) is 17.7. The van der Waals surface area contributed by atoms with Crippen molar-refractivity contribution in [3.8, 4) is 0 Å². The summed E-state index contributed by atoms with van der Waals surface area (Å²) in [6, 6.07) is 16.3. The lowest BCUT2D eigenvalue weighted by Gasteiger charge is -2.48. The number of rotatable bonds is 4. The third-order valence-electron chi connectivity index (χ3n) is 5.84. The Kier molecular flexibility index (Phi) is 5.24. The third kappa shape index (κ3) is 3.32. The molecule has 0 aromatic heterocycles. The van der Waals surface area contributed by atoms with Gasteiger partial charge in [0.1, 0.15) is 0 Å². The van der Waals surface area contributed by atoms with Gasteiger partial charge in [0.05, 0.1) is 24.5 Å². The number of amides is 2. The maximum absolute atomic E-state index is 13.3. The van der Waals surface area contributed by atoms with Crippen LogP contribution in [0.3, 0.4) is 0 Å². The molecule has 30 heavy (non-hydrogen) atoms. The van der Waals surface area contributed by atoms with Gasteiger partial charge in [-0.25, -0.2) is 9.98 Å². The van der Waals surface area contributed by atoms with E-state index in [-0.39, 0.29) is 23.7 Å². The molecular formula is C24H26N4O2. The second-order valence-corrected chi connectivity index (χ2v) is 8.36. The highest BCUT2D eigenvalue weighted by atomic mass is 16.2. The molecule has 2 amide bonds. The van der Waals surface area contributed by atoms with Crippen LogP contribution in [0.5, 0.6) is 0 Å². The molecule has 0 unspecified atom stereocenters. The summed E-state index contributed by atoms with van der Waals surface area (Å²) < 4.78 is 0. The molecule has 0 saturated heterocycles. The highest BCUT2D eigenvalue weighted by Gasteiger charge is 2.55. The first-order valence-electron chi connectivity index (χ1n) is 10.1. The maximum Gasteiger partial charge on any atom is 0.251 e. The number of aliphatic imine (C=N–C) groups is 2. The van der Waals surface area contributed by atoms with Crippen LogP contribution in [0.15, 0.2) is 58.5 Å². The Hall–Kier alpha value is -3.28. The highest BCUT2D eigenvalue weighted by Crippen LogP contribution is 2.58. The van der Waals surface area contributed by atoms with E-state index in [4.69, 9.17) is 0 Å². The second kappa shape index (κ2) is 7.86. The molecule has 0 saturated carbocycles. The van der Waals surface area contributed by atoms with E-state index in [0.717, 1.165) is 22.3 Å². The average Bonchev–Trinajstić information content (AvgIpc) is 2.75. The van der Waals surface area contributed by atoms with Crippen molar-refractivity contribution in [2.75, 3.05) is 28.2 Å². The van der Waals surface area contributed by atoms with Gasteiger partial charge < -0.3 is 9.80 Å². The van der Waals surface area contributed by atoms with Crippen LogP contribution in [0.1, 0.15) is 34.1 Å². The van der Waals surface area contributed by atoms with Gasteiger partial charge in [-0.1, -0.05) is 48.5 Å². The third-order valence-corrected chi connectivity index (χ3v) is 5.84. The number of hydrogen-bond donors (Lipinski definition) is 0. The Morgan fingerprint density at radius 3 is 1.23 bits per heavy atom. The van der Waals surface area contributed by atoms with Gasteiger partial charge in [-0.15, -0.1) is 0 Å². The lowest BCUT2D eigenvalue weighted by molar-refractivity contribution is -0.133. The normalized spacial score (nSPS) is 24.0. The molecule has 0 N–H and O–H groups in total. The van der Waals surface area contributed by atoms with Crippen LogP contribution in [0.25, 0.3) is 0 Å². The lowest BCUT2D eigenvalue weighted by atomic mass is 9.54. The van der Waals surface area contributed by atoms with E-state index in [0.29, 0.717) is 0 Å². The Labute approximate surface area is 176 Å². The standard InChI is InChI=1S/C24H26N4O2/c1-27(2)13-25-23(29)21-19-15-9-5-7-11-17(15)20(18-12-8-6-10-16(18)19)22(21)24(30)26-14-28(3)4/h5-14,19-22H,1-4H3/t19?,20?,21-,22-/m0/s1. The smallest absolute Gasteiger partial charge is 0.251 e. The van der Waals surface area contributed by atoms with Gasteiger partial charge in [0.15, 0.2) is 0 Å². The largest absolute Gasteiger partial charge is 0.369 e. The Bertz CT molecular complexity index is 912. The minimum absolute atomic E-state index is 0.210. The molecule has 2 aromatic carbocycles. The molecule has 0 radical (unpaired) electrons. The van der Waals surface area contributed by atoms with Crippen LogP contribution >= 0.6 is 0 Å². The summed E-state index contributed by atoms with van der Waals surface area (Å²) in [6.45, 7) is 0. The second-order valence-electron chi connectivity index (χ2n) is 8.36. The predicted octanol–water partition coefficient (Wildman–Crippen LogP) is 2.74. The van der Waals surface area contributed by atoms with Crippen molar-refractivity contribution in [2.45, 2.75) is 11.8 Å². The van der Waals surface area contributed by atoms with Crippen molar-refractivity contribution < 1.29 is 9.59 Å². The molecule has 0 fully saturated rings. The predicted molar refractivity (Wildman–Crippen MR) is 118 cm³/mol. The summed E-state index contributed by atoms with van der Waals surface area (Å²) in [7, 11) is 7.27. The van der Waals surface area contributed by atoms with Gasteiger partial charge in [-0.3, -0.25) is 9.59 Å². The van der Waals surface area contributed by atoms with Crippen molar-refractivity contribution in [3.05, 3.63) is 70.8 Å². The van der Waals surface area contributed by atoms with Crippen molar-refractivity contribution in [1.29, 1.82) is 0 Å². The number of carbonyl (C=O) groups excluding carboxylic acids is 2. The summed E-state index contributed by atoms with van der Waals surface area (Å²) >= 11 is 0. The number of fused-ring (bicyclic) bond motifs is 1. The SMILES string of the molecule is CN(C)C=NC(=O)[C@H]1C2c3ccccc3C(c3ccccc32)[C@@H]1C(=O)N=CN(C)C. The zero-order valence-corrected chi connectivity index (χ0v) is 17.7. The fraction of sp³-hybridized carbons (Fsp3) is 0.333. The van der Waals surface area contributed by atoms with Crippen molar-refractivity contribution in [1.82, 2.24) is 9.80 Å². The average molecular weight is 402 g/mol. The number of carbonyl (C=O) groups is 2. The molecule has 6 heteroatoms. The Balaban J connectivity index is 1.90. The van der Waals surface area contributed by atoms with E-state index in [2.05, 4.69) is 34.3 Å². The molecule has 3 aliphatic carbocycles. The molecule has 0 spiro atoms. The number of benzene rings is 2. The van der Waals surface area contributed by atoms with Gasteiger partial charge in [-0.05, 0) is 22.3 Å². The minimum atomic E-state index is -0.581. The quantitative estimate of drug-likeness (QED) is 0.583. The highest BCUT2D eigenvalue weighted by molar-refractivity contribution is 5.97. The molecule has 6 nitrogen and oxygen atoms in total. The van der Waals surface area contributed by atoms with Gasteiger partial charge in [0.2, 0.25) is 0 Å². The fourth-order valence-electron chi connectivity index (χ4n) is 4.79. The van der Waals surface area contributed by atoms with Crippen LogP contribution < -0.4 is 0 Å². The molecule has 0 aliphatic heterocycles. The van der Waals surface area contributed by atoms with E-state index < -0.39 is 11.8 Å². The van der Waals surface area contributed by atoms with E-state index in [1.165, 1.54) is 12.7 Å². The van der Waals surface area contributed by atoms with Crippen LogP contribution in [-0.4, -0.2) is 62.5 Å². The van der Waals surface area contributed by atoms with Gasteiger partial charge >= 0.3 is 0 Å². The fourth-order valence-corrected chi connectivity index (χ4v) is 4.79. The van der Waals surface area contributed by atoms with Gasteiger partial charge in [0, 0.05) is 40.0 Å². The summed E-state index contributed by atoms with van der Waals surface area (Å²) in [5.41, 5.74) is 4.45. The Morgan fingerprint density at radius 2 is 0.967 bits per heavy atom. The van der Waals surface area contributed by atoms with E-state index in [9.17, 15) is 9.59 Å². The first-order chi connectivity index (χ1) is 14.4. The molecule has 3 aliphatic rings. The van der Waals surface area contributed by atoms with Crippen molar-refractivity contribution in [3.63, 3.8) is 0 Å². The van der Waals surface area contributed by atoms with Crippen LogP contribution in [0.4, 0.5) is 0 Å². The summed E-state index contributed by atoms with van der Waals surface area (Å²) in [4.78, 5) is 38.5. The minimum Gasteiger partial charge on any atom is -0.369 e. The van der Waals surface area contributed by atoms with Gasteiger partial charge in [0.25, 0.3) is 11.8 Å². The first kappa shape index (κ1) is 20.0. The first-order valence-corrected chi connectivity index (χ1v) is 10.1. The molecule has 154 valence electrons. The summed E-state index contributed by atoms with van der Waals surface area (Å²) in [5.74, 6) is -2.14.